The van der Waals surface area contributed by atoms with Crippen LogP contribution in [0.2, 0.25) is 0 Å². The number of nitrogens with zero attached hydrogens (tertiary/aromatic N) is 1. The summed E-state index contributed by atoms with van der Waals surface area (Å²) in [6.45, 7) is 2.04. The summed E-state index contributed by atoms with van der Waals surface area (Å²) in [5.41, 5.74) is 2.61. The molecule has 1 N–H and O–H groups in total. The summed E-state index contributed by atoms with van der Waals surface area (Å²) in [5, 5.41) is 2.90. The van der Waals surface area contributed by atoms with Gasteiger partial charge >= 0.3 is 0 Å². The Hall–Kier alpha value is -2.45. The van der Waals surface area contributed by atoms with Crippen LogP contribution in [0.4, 0.5) is 5.69 Å². The van der Waals surface area contributed by atoms with Gasteiger partial charge in [0, 0.05) is 37.5 Å². The van der Waals surface area contributed by atoms with Crippen molar-refractivity contribution in [1.29, 1.82) is 0 Å². The van der Waals surface area contributed by atoms with E-state index in [4.69, 9.17) is 18.6 Å². The second kappa shape index (κ2) is 7.05. The van der Waals surface area contributed by atoms with Gasteiger partial charge in [-0.2, -0.15) is 0 Å². The Labute approximate surface area is 157 Å². The van der Waals surface area contributed by atoms with Crippen LogP contribution in [-0.2, 0) is 11.3 Å². The Morgan fingerprint density at radius 3 is 2.85 bits per heavy atom. The fraction of sp³-hybridized carbons (Fsp3) is 0.278. The minimum absolute atomic E-state index is 0.236. The number of aromatic nitrogens is 1. The third kappa shape index (κ3) is 3.17. The number of furan rings is 1. The highest BCUT2D eigenvalue weighted by molar-refractivity contribution is 9.10. The van der Waals surface area contributed by atoms with E-state index in [2.05, 4.69) is 21.2 Å². The molecule has 1 aliphatic heterocycles. The molecule has 4 rings (SSSR count). The Morgan fingerprint density at radius 2 is 2.04 bits per heavy atom. The van der Waals surface area contributed by atoms with E-state index in [1.807, 2.05) is 10.6 Å². The predicted octanol–water partition coefficient (Wildman–Crippen LogP) is 3.67. The number of fused-ring (bicyclic) bond motifs is 2. The first-order chi connectivity index (χ1) is 12.7. The molecule has 0 bridgehead atoms. The van der Waals surface area contributed by atoms with Crippen molar-refractivity contribution in [3.05, 3.63) is 40.7 Å². The number of nitrogens with one attached hydrogen (secondary N) is 1. The molecular formula is C18H17BrN2O5. The lowest BCUT2D eigenvalue weighted by Crippen LogP contribution is -2.19. The van der Waals surface area contributed by atoms with Gasteiger partial charge in [0.05, 0.1) is 12.1 Å². The quantitative estimate of drug-likeness (QED) is 0.681. The number of ether oxygens (including phenoxy) is 3. The molecule has 3 aromatic rings. The zero-order chi connectivity index (χ0) is 18.1. The molecule has 0 saturated carbocycles. The highest BCUT2D eigenvalue weighted by Crippen LogP contribution is 2.33. The number of rotatable bonds is 5. The summed E-state index contributed by atoms with van der Waals surface area (Å²) in [6.07, 6.45) is 0. The van der Waals surface area contributed by atoms with Crippen molar-refractivity contribution in [3.8, 4) is 11.5 Å². The van der Waals surface area contributed by atoms with E-state index in [0.29, 0.717) is 59.5 Å². The van der Waals surface area contributed by atoms with Crippen LogP contribution in [0.15, 0.2) is 39.4 Å². The molecule has 0 radical (unpaired) electrons. The third-order valence-electron chi connectivity index (χ3n) is 4.11. The maximum atomic E-state index is 12.8. The van der Waals surface area contributed by atoms with Crippen LogP contribution in [-0.4, -0.2) is 37.4 Å². The van der Waals surface area contributed by atoms with E-state index in [1.54, 1.807) is 31.4 Å². The van der Waals surface area contributed by atoms with Crippen molar-refractivity contribution in [2.75, 3.05) is 32.2 Å². The number of methoxy groups -OCH3 is 1. The highest BCUT2D eigenvalue weighted by atomic mass is 79.9. The fourth-order valence-corrected chi connectivity index (χ4v) is 3.33. The lowest BCUT2D eigenvalue weighted by atomic mass is 10.2. The number of halogens is 1. The molecule has 1 aromatic carbocycles. The van der Waals surface area contributed by atoms with Crippen LogP contribution in [0.1, 0.15) is 10.5 Å². The molecule has 0 spiro atoms. The van der Waals surface area contributed by atoms with Crippen molar-refractivity contribution in [3.63, 3.8) is 0 Å². The molecule has 0 unspecified atom stereocenters. The number of hydrogen-bond acceptors (Lipinski definition) is 5. The van der Waals surface area contributed by atoms with Gasteiger partial charge in [-0.1, -0.05) is 0 Å². The maximum Gasteiger partial charge on any atom is 0.272 e. The molecule has 0 fully saturated rings. The number of carbonyl (C=O) groups is 1. The minimum atomic E-state index is -0.236. The minimum Gasteiger partial charge on any atom is -0.486 e. The summed E-state index contributed by atoms with van der Waals surface area (Å²) < 4.78 is 24.3. The molecule has 0 aliphatic carbocycles. The molecule has 1 amide bonds. The Kier molecular flexibility index (Phi) is 4.60. The fourth-order valence-electron chi connectivity index (χ4n) is 2.94. The van der Waals surface area contributed by atoms with Crippen LogP contribution < -0.4 is 14.8 Å². The van der Waals surface area contributed by atoms with Gasteiger partial charge in [-0.05, 0) is 28.1 Å². The molecule has 1 aliphatic rings. The Balaban J connectivity index is 1.62. The zero-order valence-corrected chi connectivity index (χ0v) is 15.7. The summed E-state index contributed by atoms with van der Waals surface area (Å²) in [5.74, 6) is 1.07. The van der Waals surface area contributed by atoms with Crippen LogP contribution in [0.25, 0.3) is 11.1 Å². The van der Waals surface area contributed by atoms with Gasteiger partial charge in [-0.3, -0.25) is 4.79 Å². The van der Waals surface area contributed by atoms with Crippen molar-refractivity contribution in [1.82, 2.24) is 4.57 Å². The number of carbonyl (C=O) groups excluding carboxylic acids is 1. The van der Waals surface area contributed by atoms with Crippen LogP contribution in [0.5, 0.6) is 11.5 Å². The summed E-state index contributed by atoms with van der Waals surface area (Å²) in [6, 6.07) is 8.90. The molecule has 3 heterocycles. The summed E-state index contributed by atoms with van der Waals surface area (Å²) >= 11 is 3.32. The van der Waals surface area contributed by atoms with Gasteiger partial charge in [-0.25, -0.2) is 0 Å². The molecule has 0 atom stereocenters. The van der Waals surface area contributed by atoms with Crippen LogP contribution >= 0.6 is 15.9 Å². The number of amides is 1. The molecule has 7 nitrogen and oxygen atoms in total. The molecular weight excluding hydrogens is 404 g/mol. The normalized spacial score (nSPS) is 13.2. The van der Waals surface area contributed by atoms with E-state index >= 15 is 0 Å². The molecule has 8 heteroatoms. The van der Waals surface area contributed by atoms with E-state index < -0.39 is 0 Å². The number of hydrogen-bond donors (Lipinski definition) is 1. The largest absolute Gasteiger partial charge is 0.486 e. The second-order valence-electron chi connectivity index (χ2n) is 5.79. The Bertz CT molecular complexity index is 962. The molecule has 136 valence electrons. The smallest absolute Gasteiger partial charge is 0.272 e. The van der Waals surface area contributed by atoms with Crippen LogP contribution in [0.3, 0.4) is 0 Å². The number of anilines is 1. The number of benzene rings is 1. The monoisotopic (exact) mass is 420 g/mol. The van der Waals surface area contributed by atoms with Gasteiger partial charge in [0.25, 0.3) is 5.91 Å². The van der Waals surface area contributed by atoms with Crippen molar-refractivity contribution in [2.24, 2.45) is 0 Å². The summed E-state index contributed by atoms with van der Waals surface area (Å²) in [7, 11) is 1.63. The first-order valence-electron chi connectivity index (χ1n) is 8.14. The second-order valence-corrected chi connectivity index (χ2v) is 6.57. The third-order valence-corrected chi connectivity index (χ3v) is 4.50. The van der Waals surface area contributed by atoms with Gasteiger partial charge < -0.3 is 28.5 Å². The zero-order valence-electron chi connectivity index (χ0n) is 14.1. The van der Waals surface area contributed by atoms with Gasteiger partial charge in [-0.15, -0.1) is 0 Å². The van der Waals surface area contributed by atoms with E-state index in [1.165, 1.54) is 0 Å². The van der Waals surface area contributed by atoms with Crippen molar-refractivity contribution >= 4 is 38.6 Å². The molecule has 26 heavy (non-hydrogen) atoms. The van der Waals surface area contributed by atoms with Gasteiger partial charge in [0.2, 0.25) is 0 Å². The molecule has 2 aromatic heterocycles. The standard InChI is InChI=1S/C18H17BrN2O5/c1-23-5-4-21-12-10-17(19)26-15(12)9-13(21)18(22)20-11-2-3-14-16(8-11)25-7-6-24-14/h2-3,8-10H,4-7H2,1H3,(H,20,22). The Morgan fingerprint density at radius 1 is 1.23 bits per heavy atom. The molecule has 0 saturated heterocycles. The van der Waals surface area contributed by atoms with Gasteiger partial charge in [0.15, 0.2) is 21.8 Å². The first kappa shape index (κ1) is 17.0. The van der Waals surface area contributed by atoms with Crippen molar-refractivity contribution in [2.45, 2.75) is 6.54 Å². The highest BCUT2D eigenvalue weighted by Gasteiger charge is 2.20. The van der Waals surface area contributed by atoms with E-state index in [9.17, 15) is 4.79 Å². The van der Waals surface area contributed by atoms with Gasteiger partial charge in [0.1, 0.15) is 18.9 Å². The lowest BCUT2D eigenvalue weighted by molar-refractivity contribution is 0.101. The van der Waals surface area contributed by atoms with Crippen molar-refractivity contribution < 1.29 is 23.4 Å². The average molecular weight is 421 g/mol. The average Bonchev–Trinajstić information content (AvgIpc) is 3.16. The summed E-state index contributed by atoms with van der Waals surface area (Å²) in [4.78, 5) is 12.8. The maximum absolute atomic E-state index is 12.8. The SMILES string of the molecule is COCCn1c(C(=O)Nc2ccc3c(c2)OCCO3)cc2oc(Br)cc21. The predicted molar refractivity (Wildman–Crippen MR) is 99.2 cm³/mol. The van der Waals surface area contributed by atoms with E-state index in [0.717, 1.165) is 5.52 Å². The van der Waals surface area contributed by atoms with Crippen LogP contribution in [0, 0.1) is 0 Å². The lowest BCUT2D eigenvalue weighted by Gasteiger charge is -2.19. The topological polar surface area (TPSA) is 74.9 Å². The first-order valence-corrected chi connectivity index (χ1v) is 8.93. The van der Waals surface area contributed by atoms with E-state index in [-0.39, 0.29) is 5.91 Å².